The van der Waals surface area contributed by atoms with E-state index >= 15 is 0 Å². The fourth-order valence-corrected chi connectivity index (χ4v) is 16.6. The normalized spacial score (nSPS) is 40.4. The Morgan fingerprint density at radius 3 is 1.35 bits per heavy atom. The minimum Gasteiger partial charge on any atom is -1.00 e. The quantitative estimate of drug-likeness (QED) is 0.290. The van der Waals surface area contributed by atoms with Crippen LogP contribution in [0, 0.1) is 64.1 Å². The standard InChI is InChI=1S/C51H66.2ClH.Zr/c1-29(2)45-28-51(30(3)4,46-21-39(20-44(45)46)48(5,6)7)47-40-10-8-37(49-22-31-12-32(23-49)14-33(13-31)24-49)18-42(40)43-19-38(9-11-41(43)47)50-25-34-15-35(26-50)17-36(16-34)27-50;;;/h8-11,18-19,21,29-36,45,47H,12-17,20,22-28H2,1-7H3;2*1H;/q;;;+2/p-2. The van der Waals surface area contributed by atoms with Gasteiger partial charge in [-0.15, -0.1) is 0 Å². The Kier molecular flexibility index (Phi) is 10.0. The van der Waals surface area contributed by atoms with Crippen molar-refractivity contribution >= 4 is 0 Å². The van der Waals surface area contributed by atoms with Crippen LogP contribution in [0.15, 0.2) is 59.2 Å². The fraction of sp³-hybridized carbons (Fsp3) is 0.686. The average molecular weight is 841 g/mol. The van der Waals surface area contributed by atoms with Crippen LogP contribution in [0.25, 0.3) is 11.1 Å². The molecule has 3 heteroatoms. The summed E-state index contributed by atoms with van der Waals surface area (Å²) in [5, 5.41) is 0. The van der Waals surface area contributed by atoms with Gasteiger partial charge in [0.1, 0.15) is 0 Å². The Hall–Kier alpha value is -0.617. The van der Waals surface area contributed by atoms with E-state index in [1.165, 1.54) is 89.9 Å². The Morgan fingerprint density at radius 1 is 0.593 bits per heavy atom. The van der Waals surface area contributed by atoms with Gasteiger partial charge in [0, 0.05) is 11.3 Å². The smallest absolute Gasteiger partial charge is 1.00 e. The molecule has 2 aromatic rings. The Morgan fingerprint density at radius 2 is 1.00 bits per heavy atom. The van der Waals surface area contributed by atoms with Gasteiger partial charge in [0.2, 0.25) is 0 Å². The fourth-order valence-electron chi connectivity index (χ4n) is 16.6. The van der Waals surface area contributed by atoms with E-state index in [1.807, 2.05) is 5.57 Å². The summed E-state index contributed by atoms with van der Waals surface area (Å²) < 4.78 is 0. The van der Waals surface area contributed by atoms with Gasteiger partial charge in [0.25, 0.3) is 0 Å². The van der Waals surface area contributed by atoms with Crippen LogP contribution in [0.4, 0.5) is 0 Å². The van der Waals surface area contributed by atoms with Gasteiger partial charge in [-0.1, -0.05) is 102 Å². The van der Waals surface area contributed by atoms with Crippen LogP contribution in [0.3, 0.4) is 0 Å². The molecule has 2 atom stereocenters. The molecule has 54 heavy (non-hydrogen) atoms. The summed E-state index contributed by atoms with van der Waals surface area (Å²) in [6.45, 7) is 17.6. The Bertz CT molecular complexity index is 1720. The van der Waals surface area contributed by atoms with Crippen molar-refractivity contribution in [3.05, 3.63) is 81.4 Å². The van der Waals surface area contributed by atoms with Gasteiger partial charge in [-0.2, -0.15) is 0 Å². The van der Waals surface area contributed by atoms with Crippen LogP contribution in [0.2, 0.25) is 0 Å². The predicted octanol–water partition coefficient (Wildman–Crippen LogP) is 7.73. The van der Waals surface area contributed by atoms with Gasteiger partial charge in [-0.05, 0) is 198 Å². The first-order valence-electron chi connectivity index (χ1n) is 22.1. The van der Waals surface area contributed by atoms with E-state index in [0.29, 0.717) is 34.5 Å². The molecule has 0 amide bonds. The van der Waals surface area contributed by atoms with Crippen molar-refractivity contribution in [1.82, 2.24) is 0 Å². The van der Waals surface area contributed by atoms with Crippen LogP contribution in [-0.2, 0) is 37.0 Å². The van der Waals surface area contributed by atoms with E-state index in [0.717, 1.165) is 35.5 Å². The molecule has 11 aliphatic rings. The largest absolute Gasteiger partial charge is 2.00 e. The van der Waals surface area contributed by atoms with Crippen LogP contribution < -0.4 is 24.8 Å². The molecule has 288 valence electrons. The molecule has 0 saturated heterocycles. The zero-order valence-corrected chi connectivity index (χ0v) is 38.4. The number of hydrogen-bond donors (Lipinski definition) is 0. The van der Waals surface area contributed by atoms with Crippen molar-refractivity contribution in [3.8, 4) is 11.1 Å². The molecule has 0 aliphatic heterocycles. The zero-order chi connectivity index (χ0) is 34.8. The molecular formula is C51H66Cl2Zr. The molecule has 2 aromatic carbocycles. The minimum absolute atomic E-state index is 0. The average Bonchev–Trinajstić information content (AvgIpc) is 3.73. The SMILES string of the molecule is CC(C)C1CC(C(C)C)(C2c3ccc(C45CC6CC(CC(C6)C4)C5)cc3-c3cc(C45CC6CC(CC(C6)C4)C5)ccc32)C2=C1CC(C(C)(C)C)=C2.[Cl-].[Cl-].[Zr+2]. The van der Waals surface area contributed by atoms with Crippen molar-refractivity contribution in [3.63, 3.8) is 0 Å². The zero-order valence-electron chi connectivity index (χ0n) is 34.5. The molecule has 0 nitrogen and oxygen atoms in total. The minimum atomic E-state index is 0. The first kappa shape index (κ1) is 40.2. The summed E-state index contributed by atoms with van der Waals surface area (Å²) in [7, 11) is 0. The van der Waals surface area contributed by atoms with E-state index in [9.17, 15) is 0 Å². The van der Waals surface area contributed by atoms with Gasteiger partial charge in [-0.3, -0.25) is 0 Å². The molecule has 8 saturated carbocycles. The van der Waals surface area contributed by atoms with Crippen LogP contribution in [0.1, 0.15) is 167 Å². The van der Waals surface area contributed by atoms with Crippen molar-refractivity contribution in [1.29, 1.82) is 0 Å². The number of fused-ring (bicyclic) bond motifs is 3. The summed E-state index contributed by atoms with van der Waals surface area (Å²) in [5.74, 6) is 8.31. The third kappa shape index (κ3) is 5.62. The summed E-state index contributed by atoms with van der Waals surface area (Å²) in [6, 6.07) is 16.5. The van der Waals surface area contributed by atoms with Gasteiger partial charge in [-0.25, -0.2) is 0 Å². The van der Waals surface area contributed by atoms with Crippen molar-refractivity contribution in [2.45, 2.75) is 155 Å². The second-order valence-electron chi connectivity index (χ2n) is 22.7. The van der Waals surface area contributed by atoms with E-state index in [2.05, 4.69) is 90.9 Å². The molecule has 8 bridgehead atoms. The van der Waals surface area contributed by atoms with Gasteiger partial charge in [0.15, 0.2) is 0 Å². The Balaban J connectivity index is 0.00000138. The second-order valence-corrected chi connectivity index (χ2v) is 22.7. The molecule has 2 unspecified atom stereocenters. The summed E-state index contributed by atoms with van der Waals surface area (Å²) in [5.41, 5.74) is 16.6. The molecule has 11 aliphatic carbocycles. The molecule has 13 rings (SSSR count). The third-order valence-electron chi connectivity index (χ3n) is 18.2. The summed E-state index contributed by atoms with van der Waals surface area (Å²) in [6.07, 6.45) is 23.2. The predicted molar refractivity (Wildman–Crippen MR) is 213 cm³/mol. The van der Waals surface area contributed by atoms with E-state index in [1.54, 1.807) is 44.5 Å². The maximum Gasteiger partial charge on any atom is 2.00 e. The van der Waals surface area contributed by atoms with E-state index in [-0.39, 0.29) is 61.8 Å². The molecule has 0 heterocycles. The van der Waals surface area contributed by atoms with Crippen molar-refractivity contribution in [2.75, 3.05) is 0 Å². The van der Waals surface area contributed by atoms with Crippen LogP contribution in [-0.4, -0.2) is 0 Å². The van der Waals surface area contributed by atoms with Crippen LogP contribution >= 0.6 is 0 Å². The number of halogens is 2. The molecule has 0 spiro atoms. The van der Waals surface area contributed by atoms with Gasteiger partial charge >= 0.3 is 26.2 Å². The summed E-state index contributed by atoms with van der Waals surface area (Å²) in [4.78, 5) is 0. The molecule has 8 fully saturated rings. The molecule has 0 aromatic heterocycles. The third-order valence-corrected chi connectivity index (χ3v) is 18.2. The van der Waals surface area contributed by atoms with Gasteiger partial charge in [0.05, 0.1) is 0 Å². The maximum atomic E-state index is 2.84. The topological polar surface area (TPSA) is 0 Å². The Labute approximate surface area is 360 Å². The van der Waals surface area contributed by atoms with Crippen LogP contribution in [0.5, 0.6) is 0 Å². The van der Waals surface area contributed by atoms with E-state index < -0.39 is 0 Å². The number of benzene rings is 2. The molecular weight excluding hydrogens is 775 g/mol. The van der Waals surface area contributed by atoms with E-state index in [4.69, 9.17) is 0 Å². The molecule has 0 radical (unpaired) electrons. The molecule has 0 N–H and O–H groups in total. The monoisotopic (exact) mass is 838 g/mol. The number of hydrogen-bond acceptors (Lipinski definition) is 0. The van der Waals surface area contributed by atoms with Gasteiger partial charge < -0.3 is 24.8 Å². The first-order chi connectivity index (χ1) is 24.3. The number of allylic oxidation sites excluding steroid dienone is 4. The van der Waals surface area contributed by atoms with Crippen molar-refractivity contribution in [2.24, 2.45) is 64.1 Å². The summed E-state index contributed by atoms with van der Waals surface area (Å²) >= 11 is 0. The van der Waals surface area contributed by atoms with Crippen molar-refractivity contribution < 1.29 is 51.0 Å². The first-order valence-corrected chi connectivity index (χ1v) is 22.1. The second kappa shape index (κ2) is 13.5. The number of rotatable bonds is 5. The maximum absolute atomic E-state index is 2.84.